The van der Waals surface area contributed by atoms with Gasteiger partial charge in [0.2, 0.25) is 10.0 Å². The third-order valence-corrected chi connectivity index (χ3v) is 6.76. The van der Waals surface area contributed by atoms with Crippen LogP contribution >= 0.6 is 0 Å². The number of carbonyl (C=O) groups excluding carboxylic acids is 1. The maximum absolute atomic E-state index is 12.7. The number of benzene rings is 2. The summed E-state index contributed by atoms with van der Waals surface area (Å²) in [5, 5.41) is 18.0. The lowest BCUT2D eigenvalue weighted by molar-refractivity contribution is -0.384. The molecule has 0 unspecified atom stereocenters. The van der Waals surface area contributed by atoms with Crippen LogP contribution in [0, 0.1) is 17.0 Å². The number of aromatic nitrogens is 2. The van der Waals surface area contributed by atoms with Gasteiger partial charge in [0, 0.05) is 30.3 Å². The predicted octanol–water partition coefficient (Wildman–Crippen LogP) is 2.88. The van der Waals surface area contributed by atoms with Gasteiger partial charge in [-0.2, -0.15) is 5.10 Å². The van der Waals surface area contributed by atoms with Crippen molar-refractivity contribution in [3.63, 3.8) is 0 Å². The van der Waals surface area contributed by atoms with Crippen LogP contribution in [0.15, 0.2) is 54.6 Å². The second kappa shape index (κ2) is 7.84. The molecule has 1 fully saturated rings. The number of sulfonamides is 1. The standard InChI is InChI=1S/C20H19N5O5S/c1-14-13-19(24(22-14)17-7-9-18(10-8-17)25(27)28)21-20(26)15-3-5-16(6-4-15)23-11-2-12-31(23,29)30/h3-10,13H,2,11-12H2,1H3,(H,21,26). The zero-order valence-electron chi connectivity index (χ0n) is 16.6. The molecule has 1 aromatic heterocycles. The number of amides is 1. The van der Waals surface area contributed by atoms with Gasteiger partial charge in [0.25, 0.3) is 11.6 Å². The first-order chi connectivity index (χ1) is 14.7. The van der Waals surface area contributed by atoms with E-state index >= 15 is 0 Å². The predicted molar refractivity (Wildman–Crippen MR) is 115 cm³/mol. The van der Waals surface area contributed by atoms with Gasteiger partial charge in [0.1, 0.15) is 5.82 Å². The maximum Gasteiger partial charge on any atom is 0.269 e. The Kier molecular flexibility index (Phi) is 5.19. The van der Waals surface area contributed by atoms with E-state index in [2.05, 4.69) is 10.4 Å². The van der Waals surface area contributed by atoms with Crippen LogP contribution in [0.5, 0.6) is 0 Å². The number of nitro groups is 1. The highest BCUT2D eigenvalue weighted by molar-refractivity contribution is 7.93. The quantitative estimate of drug-likeness (QED) is 0.479. The minimum absolute atomic E-state index is 0.0432. The Balaban J connectivity index is 1.55. The fourth-order valence-electron chi connectivity index (χ4n) is 3.40. The van der Waals surface area contributed by atoms with Gasteiger partial charge in [0.15, 0.2) is 0 Å². The summed E-state index contributed by atoms with van der Waals surface area (Å²) < 4.78 is 26.9. The van der Waals surface area contributed by atoms with Crippen molar-refractivity contribution in [1.82, 2.24) is 9.78 Å². The normalized spacial score (nSPS) is 15.1. The molecule has 11 heteroatoms. The number of rotatable bonds is 5. The van der Waals surface area contributed by atoms with Crippen molar-refractivity contribution < 1.29 is 18.1 Å². The summed E-state index contributed by atoms with van der Waals surface area (Å²) in [6, 6.07) is 13.9. The number of nitro benzene ring substituents is 1. The Labute approximate surface area is 178 Å². The van der Waals surface area contributed by atoms with E-state index in [9.17, 15) is 23.3 Å². The molecule has 1 aliphatic rings. The van der Waals surface area contributed by atoms with Crippen molar-refractivity contribution in [2.45, 2.75) is 13.3 Å². The number of carbonyl (C=O) groups is 1. The number of nitrogens with one attached hydrogen (secondary N) is 1. The fourth-order valence-corrected chi connectivity index (χ4v) is 4.96. The highest BCUT2D eigenvalue weighted by Crippen LogP contribution is 2.25. The molecule has 0 spiro atoms. The van der Waals surface area contributed by atoms with Crippen molar-refractivity contribution >= 4 is 33.1 Å². The van der Waals surface area contributed by atoms with E-state index in [1.807, 2.05) is 0 Å². The largest absolute Gasteiger partial charge is 0.306 e. The van der Waals surface area contributed by atoms with Crippen LogP contribution in [-0.2, 0) is 10.0 Å². The second-order valence-electron chi connectivity index (χ2n) is 7.10. The van der Waals surface area contributed by atoms with E-state index in [4.69, 9.17) is 0 Å². The first kappa shape index (κ1) is 20.5. The number of non-ortho nitro benzene ring substituents is 1. The fraction of sp³-hybridized carbons (Fsp3) is 0.200. The molecular formula is C20H19N5O5S. The number of anilines is 2. The number of hydrogen-bond acceptors (Lipinski definition) is 6. The lowest BCUT2D eigenvalue weighted by atomic mass is 10.2. The molecule has 0 radical (unpaired) electrons. The molecule has 0 bridgehead atoms. The molecule has 4 rings (SSSR count). The molecule has 2 heterocycles. The van der Waals surface area contributed by atoms with Gasteiger partial charge in [-0.25, -0.2) is 13.1 Å². The molecule has 3 aromatic rings. The Bertz CT molecular complexity index is 1250. The van der Waals surface area contributed by atoms with Gasteiger partial charge < -0.3 is 5.32 Å². The maximum atomic E-state index is 12.7. The smallest absolute Gasteiger partial charge is 0.269 e. The lowest BCUT2D eigenvalue weighted by Gasteiger charge is -2.17. The molecular weight excluding hydrogens is 422 g/mol. The van der Waals surface area contributed by atoms with Gasteiger partial charge in [-0.15, -0.1) is 0 Å². The number of aryl methyl sites for hydroxylation is 1. The summed E-state index contributed by atoms with van der Waals surface area (Å²) in [4.78, 5) is 23.1. The van der Waals surface area contributed by atoms with Crippen LogP contribution in [0.25, 0.3) is 5.69 Å². The van der Waals surface area contributed by atoms with Crippen LogP contribution in [0.1, 0.15) is 22.5 Å². The van der Waals surface area contributed by atoms with Crippen molar-refractivity contribution in [1.29, 1.82) is 0 Å². The third-order valence-electron chi connectivity index (χ3n) is 4.89. The summed E-state index contributed by atoms with van der Waals surface area (Å²) in [7, 11) is -3.28. The average molecular weight is 441 g/mol. The van der Waals surface area contributed by atoms with Crippen LogP contribution < -0.4 is 9.62 Å². The van der Waals surface area contributed by atoms with Gasteiger partial charge in [0.05, 0.1) is 27.7 Å². The Morgan fingerprint density at radius 1 is 1.10 bits per heavy atom. The highest BCUT2D eigenvalue weighted by Gasteiger charge is 2.28. The molecule has 0 aliphatic carbocycles. The first-order valence-electron chi connectivity index (χ1n) is 9.48. The number of nitrogens with zero attached hydrogens (tertiary/aromatic N) is 4. The summed E-state index contributed by atoms with van der Waals surface area (Å²) in [6.45, 7) is 2.20. The van der Waals surface area contributed by atoms with E-state index in [-0.39, 0.29) is 17.3 Å². The summed E-state index contributed by atoms with van der Waals surface area (Å²) in [5.41, 5.74) is 2.06. The van der Waals surface area contributed by atoms with Gasteiger partial charge in [-0.05, 0) is 49.7 Å². The molecule has 1 N–H and O–H groups in total. The zero-order valence-corrected chi connectivity index (χ0v) is 17.4. The third kappa shape index (κ3) is 4.12. The molecule has 31 heavy (non-hydrogen) atoms. The van der Waals surface area contributed by atoms with E-state index in [1.165, 1.54) is 21.1 Å². The molecule has 1 aliphatic heterocycles. The Hall–Kier alpha value is -3.73. The van der Waals surface area contributed by atoms with Gasteiger partial charge in [-0.3, -0.25) is 19.2 Å². The average Bonchev–Trinajstić information content (AvgIpc) is 3.29. The monoisotopic (exact) mass is 441 g/mol. The van der Waals surface area contributed by atoms with Crippen LogP contribution in [0.3, 0.4) is 0 Å². The van der Waals surface area contributed by atoms with Crippen LogP contribution in [-0.4, -0.2) is 41.3 Å². The minimum Gasteiger partial charge on any atom is -0.306 e. The summed E-state index contributed by atoms with van der Waals surface area (Å²) in [6.07, 6.45) is 0.580. The first-order valence-corrected chi connectivity index (χ1v) is 11.1. The van der Waals surface area contributed by atoms with Crippen molar-refractivity contribution in [2.24, 2.45) is 0 Å². The van der Waals surface area contributed by atoms with Crippen molar-refractivity contribution in [2.75, 3.05) is 21.9 Å². The van der Waals surface area contributed by atoms with E-state index in [0.29, 0.717) is 41.4 Å². The molecule has 160 valence electrons. The van der Waals surface area contributed by atoms with Crippen LogP contribution in [0.4, 0.5) is 17.2 Å². The Morgan fingerprint density at radius 3 is 2.32 bits per heavy atom. The van der Waals surface area contributed by atoms with Crippen LogP contribution in [0.2, 0.25) is 0 Å². The van der Waals surface area contributed by atoms with E-state index in [0.717, 1.165) is 0 Å². The molecule has 10 nitrogen and oxygen atoms in total. The lowest BCUT2D eigenvalue weighted by Crippen LogP contribution is -2.25. The van der Waals surface area contributed by atoms with Crippen molar-refractivity contribution in [3.05, 3.63) is 76.0 Å². The topological polar surface area (TPSA) is 127 Å². The number of hydrogen-bond donors (Lipinski definition) is 1. The Morgan fingerprint density at radius 2 is 1.74 bits per heavy atom. The van der Waals surface area contributed by atoms with Crippen molar-refractivity contribution in [3.8, 4) is 5.69 Å². The van der Waals surface area contributed by atoms with Gasteiger partial charge >= 0.3 is 0 Å². The summed E-state index contributed by atoms with van der Waals surface area (Å²) in [5.74, 6) is 0.141. The van der Waals surface area contributed by atoms with E-state index in [1.54, 1.807) is 49.4 Å². The van der Waals surface area contributed by atoms with Gasteiger partial charge in [-0.1, -0.05) is 0 Å². The minimum atomic E-state index is -3.28. The molecule has 2 aromatic carbocycles. The molecule has 0 atom stereocenters. The zero-order chi connectivity index (χ0) is 22.2. The summed E-state index contributed by atoms with van der Waals surface area (Å²) >= 11 is 0. The molecule has 1 amide bonds. The van der Waals surface area contributed by atoms with E-state index < -0.39 is 14.9 Å². The molecule has 0 saturated carbocycles. The second-order valence-corrected chi connectivity index (χ2v) is 9.11. The highest BCUT2D eigenvalue weighted by atomic mass is 32.2. The SMILES string of the molecule is Cc1cc(NC(=O)c2ccc(N3CCCS3(=O)=O)cc2)n(-c2ccc([N+](=O)[O-])cc2)n1. The molecule has 1 saturated heterocycles.